The molecule has 0 spiro atoms. The number of rotatable bonds is 8. The highest BCUT2D eigenvalue weighted by Gasteiger charge is 2.25. The smallest absolute Gasteiger partial charge is 0.120 e. The summed E-state index contributed by atoms with van der Waals surface area (Å²) in [6, 6.07) is 9.08. The van der Waals surface area contributed by atoms with Gasteiger partial charge in [-0.05, 0) is 55.3 Å². The summed E-state index contributed by atoms with van der Waals surface area (Å²) in [6.45, 7) is 10.2. The van der Waals surface area contributed by atoms with Gasteiger partial charge in [-0.2, -0.15) is 0 Å². The first kappa shape index (κ1) is 15.4. The van der Waals surface area contributed by atoms with Crippen LogP contribution in [0.5, 0.6) is 5.75 Å². The molecule has 0 saturated heterocycles. The highest BCUT2D eigenvalue weighted by molar-refractivity contribution is 5.31. The van der Waals surface area contributed by atoms with Gasteiger partial charge in [-0.3, -0.25) is 0 Å². The van der Waals surface area contributed by atoms with E-state index in [2.05, 4.69) is 57.3 Å². The topological polar surface area (TPSA) is 21.3 Å². The molecule has 20 heavy (non-hydrogen) atoms. The molecule has 0 bridgehead atoms. The lowest BCUT2D eigenvalue weighted by Crippen LogP contribution is -2.30. The Kier molecular flexibility index (Phi) is 5.47. The van der Waals surface area contributed by atoms with E-state index in [0.717, 1.165) is 12.3 Å². The van der Waals surface area contributed by atoms with Crippen molar-refractivity contribution in [1.29, 1.82) is 0 Å². The lowest BCUT2D eigenvalue weighted by molar-refractivity contribution is 0.293. The molecule has 2 rings (SSSR count). The SMILES string of the molecule is CCCNC(c1cccc(OC2CC2)c1)C(C)C(C)C. The van der Waals surface area contributed by atoms with E-state index >= 15 is 0 Å². The van der Waals surface area contributed by atoms with Gasteiger partial charge in [-0.25, -0.2) is 0 Å². The first-order chi connectivity index (χ1) is 9.61. The maximum atomic E-state index is 5.93. The van der Waals surface area contributed by atoms with Crippen molar-refractivity contribution in [3.63, 3.8) is 0 Å². The third-order valence-corrected chi connectivity index (χ3v) is 4.24. The van der Waals surface area contributed by atoms with E-state index in [4.69, 9.17) is 4.74 Å². The molecule has 2 unspecified atom stereocenters. The predicted octanol–water partition coefficient (Wildman–Crippen LogP) is 4.56. The number of hydrogen-bond donors (Lipinski definition) is 1. The lowest BCUT2D eigenvalue weighted by Gasteiger charge is -2.29. The van der Waals surface area contributed by atoms with E-state index in [0.29, 0.717) is 24.0 Å². The quantitative estimate of drug-likeness (QED) is 0.751. The van der Waals surface area contributed by atoms with E-state index < -0.39 is 0 Å². The largest absolute Gasteiger partial charge is 0.490 e. The monoisotopic (exact) mass is 275 g/mol. The molecule has 1 N–H and O–H groups in total. The first-order valence-corrected chi connectivity index (χ1v) is 8.11. The van der Waals surface area contributed by atoms with Crippen LogP contribution in [0.25, 0.3) is 0 Å². The Morgan fingerprint density at radius 1 is 1.25 bits per heavy atom. The standard InChI is InChI=1S/C18H29NO/c1-5-11-19-18(14(4)13(2)3)15-7-6-8-17(12-15)20-16-9-10-16/h6-8,12-14,16,18-19H,5,9-11H2,1-4H3. The second kappa shape index (κ2) is 7.12. The normalized spacial score (nSPS) is 18.1. The molecule has 0 heterocycles. The molecule has 112 valence electrons. The fourth-order valence-electron chi connectivity index (χ4n) is 2.45. The van der Waals surface area contributed by atoms with Crippen molar-refractivity contribution in [3.05, 3.63) is 29.8 Å². The maximum absolute atomic E-state index is 5.93. The zero-order valence-electron chi connectivity index (χ0n) is 13.4. The zero-order valence-corrected chi connectivity index (χ0v) is 13.4. The summed E-state index contributed by atoms with van der Waals surface area (Å²) >= 11 is 0. The molecule has 1 saturated carbocycles. The van der Waals surface area contributed by atoms with Gasteiger partial charge in [-0.1, -0.05) is 39.8 Å². The van der Waals surface area contributed by atoms with Gasteiger partial charge in [0.2, 0.25) is 0 Å². The van der Waals surface area contributed by atoms with Crippen molar-refractivity contribution in [1.82, 2.24) is 5.32 Å². The summed E-state index contributed by atoms with van der Waals surface area (Å²) in [5, 5.41) is 3.71. The third-order valence-electron chi connectivity index (χ3n) is 4.24. The molecule has 1 aromatic rings. The Labute approximate surface area is 123 Å². The average Bonchev–Trinajstić information content (AvgIpc) is 3.23. The number of hydrogen-bond acceptors (Lipinski definition) is 2. The molecule has 0 aromatic heterocycles. The van der Waals surface area contributed by atoms with Crippen molar-refractivity contribution in [2.45, 2.75) is 59.1 Å². The predicted molar refractivity (Wildman–Crippen MR) is 85.1 cm³/mol. The summed E-state index contributed by atoms with van der Waals surface area (Å²) in [6.07, 6.45) is 4.06. The van der Waals surface area contributed by atoms with Gasteiger partial charge in [0.15, 0.2) is 0 Å². The van der Waals surface area contributed by atoms with Gasteiger partial charge in [0, 0.05) is 6.04 Å². The van der Waals surface area contributed by atoms with Gasteiger partial charge in [0.1, 0.15) is 5.75 Å². The Bertz CT molecular complexity index is 412. The Morgan fingerprint density at radius 3 is 2.60 bits per heavy atom. The highest BCUT2D eigenvalue weighted by atomic mass is 16.5. The minimum absolute atomic E-state index is 0.415. The van der Waals surface area contributed by atoms with Crippen LogP contribution < -0.4 is 10.1 Å². The lowest BCUT2D eigenvalue weighted by atomic mass is 9.86. The van der Waals surface area contributed by atoms with Crippen LogP contribution in [0.2, 0.25) is 0 Å². The van der Waals surface area contributed by atoms with Crippen molar-refractivity contribution in [3.8, 4) is 5.75 Å². The van der Waals surface area contributed by atoms with Gasteiger partial charge < -0.3 is 10.1 Å². The van der Waals surface area contributed by atoms with Gasteiger partial charge in [-0.15, -0.1) is 0 Å². The van der Waals surface area contributed by atoms with E-state index in [1.807, 2.05) is 0 Å². The second-order valence-electron chi connectivity index (χ2n) is 6.42. The Morgan fingerprint density at radius 2 is 2.00 bits per heavy atom. The molecule has 2 nitrogen and oxygen atoms in total. The van der Waals surface area contributed by atoms with Crippen LogP contribution in [-0.4, -0.2) is 12.6 Å². The molecule has 0 amide bonds. The van der Waals surface area contributed by atoms with Crippen LogP contribution >= 0.6 is 0 Å². The first-order valence-electron chi connectivity index (χ1n) is 8.11. The highest BCUT2D eigenvalue weighted by Crippen LogP contribution is 2.32. The van der Waals surface area contributed by atoms with Crippen LogP contribution in [0.3, 0.4) is 0 Å². The van der Waals surface area contributed by atoms with E-state index in [-0.39, 0.29) is 0 Å². The molecule has 1 aliphatic rings. The molecule has 0 aliphatic heterocycles. The third kappa shape index (κ3) is 4.24. The molecule has 1 fully saturated rings. The summed E-state index contributed by atoms with van der Waals surface area (Å²) < 4.78 is 5.93. The van der Waals surface area contributed by atoms with Crippen LogP contribution in [0.15, 0.2) is 24.3 Å². The van der Waals surface area contributed by atoms with Gasteiger partial charge >= 0.3 is 0 Å². The van der Waals surface area contributed by atoms with Gasteiger partial charge in [0.05, 0.1) is 6.10 Å². The van der Waals surface area contributed by atoms with Crippen molar-refractivity contribution < 1.29 is 4.74 Å². The minimum Gasteiger partial charge on any atom is -0.490 e. The molecule has 2 heteroatoms. The summed E-state index contributed by atoms with van der Waals surface area (Å²) in [5.41, 5.74) is 1.36. The van der Waals surface area contributed by atoms with E-state index in [1.165, 1.54) is 24.8 Å². The molecule has 1 aliphatic carbocycles. The summed E-state index contributed by atoms with van der Waals surface area (Å²) in [4.78, 5) is 0. The second-order valence-corrected chi connectivity index (χ2v) is 6.42. The van der Waals surface area contributed by atoms with E-state index in [1.54, 1.807) is 0 Å². The summed E-state index contributed by atoms with van der Waals surface area (Å²) in [7, 11) is 0. The van der Waals surface area contributed by atoms with E-state index in [9.17, 15) is 0 Å². The molecular weight excluding hydrogens is 246 g/mol. The van der Waals surface area contributed by atoms with Crippen LogP contribution in [0.4, 0.5) is 0 Å². The van der Waals surface area contributed by atoms with Crippen molar-refractivity contribution >= 4 is 0 Å². The fraction of sp³-hybridized carbons (Fsp3) is 0.667. The number of nitrogens with one attached hydrogen (secondary N) is 1. The van der Waals surface area contributed by atoms with Gasteiger partial charge in [0.25, 0.3) is 0 Å². The van der Waals surface area contributed by atoms with Crippen molar-refractivity contribution in [2.75, 3.05) is 6.54 Å². The maximum Gasteiger partial charge on any atom is 0.120 e. The van der Waals surface area contributed by atoms with Crippen LogP contribution in [-0.2, 0) is 0 Å². The average molecular weight is 275 g/mol. The molecule has 2 atom stereocenters. The molecule has 0 radical (unpaired) electrons. The zero-order chi connectivity index (χ0) is 14.5. The Balaban J connectivity index is 2.13. The van der Waals surface area contributed by atoms with Crippen LogP contribution in [0, 0.1) is 11.8 Å². The van der Waals surface area contributed by atoms with Crippen molar-refractivity contribution in [2.24, 2.45) is 11.8 Å². The Hall–Kier alpha value is -1.02. The van der Waals surface area contributed by atoms with Crippen LogP contribution in [0.1, 0.15) is 58.6 Å². The minimum atomic E-state index is 0.415. The fourth-order valence-corrected chi connectivity index (χ4v) is 2.45. The molecular formula is C18H29NO. The number of ether oxygens (including phenoxy) is 1. The number of benzene rings is 1. The molecule has 1 aromatic carbocycles. The summed E-state index contributed by atoms with van der Waals surface area (Å²) in [5.74, 6) is 2.30.